The lowest BCUT2D eigenvalue weighted by Gasteiger charge is -2.09. The summed E-state index contributed by atoms with van der Waals surface area (Å²) < 4.78 is 51.3. The van der Waals surface area contributed by atoms with Gasteiger partial charge in [0.15, 0.2) is 0 Å². The summed E-state index contributed by atoms with van der Waals surface area (Å²) in [5, 5.41) is 0.230. The zero-order valence-corrected chi connectivity index (χ0v) is 11.8. The fourth-order valence-corrected chi connectivity index (χ4v) is 2.38. The van der Waals surface area contributed by atoms with Crippen molar-refractivity contribution in [2.24, 2.45) is 0 Å². The van der Waals surface area contributed by atoms with E-state index in [4.69, 9.17) is 11.6 Å². The molecule has 0 saturated carbocycles. The molecule has 2 heterocycles. The normalized spacial score (nSPS) is 11.8. The van der Waals surface area contributed by atoms with Gasteiger partial charge >= 0.3 is 5.69 Å². The maximum absolute atomic E-state index is 12.9. The van der Waals surface area contributed by atoms with E-state index < -0.39 is 29.9 Å². The Kier molecular flexibility index (Phi) is 3.80. The van der Waals surface area contributed by atoms with Gasteiger partial charge in [0, 0.05) is 5.56 Å². The molecule has 0 bridgehead atoms. The van der Waals surface area contributed by atoms with Crippen LogP contribution < -0.4 is 5.69 Å². The molecule has 3 aromatic rings. The van der Waals surface area contributed by atoms with Crippen LogP contribution in [0.25, 0.3) is 22.3 Å². The van der Waals surface area contributed by atoms with Crippen molar-refractivity contribution in [3.8, 4) is 11.3 Å². The minimum absolute atomic E-state index is 0.0818. The molecule has 0 fully saturated rings. The topological polar surface area (TPSA) is 74.4 Å². The van der Waals surface area contributed by atoms with Crippen molar-refractivity contribution in [3.63, 3.8) is 0 Å². The Hall–Kier alpha value is -2.42. The maximum atomic E-state index is 12.9. The standard InChI is InChI=1S/C13H7ClF4N4O/c14-5-2-1-4(7-8(5)22-13(23)21-7)6-3-19-9(11(15)16)10(20-6)12(17)18/h1-3,11-12H,(H2,21,22,23). The van der Waals surface area contributed by atoms with Gasteiger partial charge in [0.2, 0.25) is 0 Å². The van der Waals surface area contributed by atoms with E-state index in [0.717, 1.165) is 6.20 Å². The molecular formula is C13H7ClF4N4O. The van der Waals surface area contributed by atoms with Gasteiger partial charge in [0.05, 0.1) is 27.9 Å². The van der Waals surface area contributed by atoms with E-state index in [-0.39, 0.29) is 27.3 Å². The largest absolute Gasteiger partial charge is 0.323 e. The first-order valence-corrected chi connectivity index (χ1v) is 6.60. The van der Waals surface area contributed by atoms with Crippen LogP contribution in [-0.2, 0) is 0 Å². The van der Waals surface area contributed by atoms with Crippen LogP contribution in [0.3, 0.4) is 0 Å². The van der Waals surface area contributed by atoms with E-state index in [1.54, 1.807) is 0 Å². The number of hydrogen-bond donors (Lipinski definition) is 2. The zero-order valence-electron chi connectivity index (χ0n) is 11.1. The number of rotatable bonds is 3. The molecule has 1 aromatic carbocycles. The molecule has 0 amide bonds. The third-order valence-corrected chi connectivity index (χ3v) is 3.47. The monoisotopic (exact) mass is 346 g/mol. The van der Waals surface area contributed by atoms with Crippen LogP contribution in [-0.4, -0.2) is 19.9 Å². The number of imidazole rings is 1. The van der Waals surface area contributed by atoms with Crippen LogP contribution >= 0.6 is 11.6 Å². The molecule has 0 aliphatic rings. The van der Waals surface area contributed by atoms with Crippen LogP contribution in [0.2, 0.25) is 5.02 Å². The average Bonchev–Trinajstić information content (AvgIpc) is 2.89. The van der Waals surface area contributed by atoms with Crippen molar-refractivity contribution < 1.29 is 17.6 Å². The lowest BCUT2D eigenvalue weighted by Crippen LogP contribution is -2.04. The van der Waals surface area contributed by atoms with E-state index in [0.29, 0.717) is 0 Å². The molecule has 10 heteroatoms. The number of fused-ring (bicyclic) bond motifs is 1. The summed E-state index contributed by atoms with van der Waals surface area (Å²) in [4.78, 5) is 23.3. The zero-order chi connectivity index (χ0) is 16.7. The van der Waals surface area contributed by atoms with Gasteiger partial charge in [-0.2, -0.15) is 0 Å². The minimum atomic E-state index is -3.21. The Morgan fingerprint density at radius 1 is 1.00 bits per heavy atom. The highest BCUT2D eigenvalue weighted by atomic mass is 35.5. The minimum Gasteiger partial charge on any atom is -0.305 e. The molecule has 2 N–H and O–H groups in total. The predicted octanol–water partition coefficient (Wildman–Crippen LogP) is 3.84. The Balaban J connectivity index is 2.25. The first kappa shape index (κ1) is 15.5. The van der Waals surface area contributed by atoms with Gasteiger partial charge < -0.3 is 9.97 Å². The Labute approximate surface area is 130 Å². The molecule has 0 aliphatic carbocycles. The number of alkyl halides is 4. The van der Waals surface area contributed by atoms with E-state index in [1.807, 2.05) is 0 Å². The van der Waals surface area contributed by atoms with Crippen LogP contribution in [0.5, 0.6) is 0 Å². The summed E-state index contributed by atoms with van der Waals surface area (Å²) in [5.74, 6) is 0. The van der Waals surface area contributed by atoms with E-state index in [2.05, 4.69) is 19.9 Å². The van der Waals surface area contributed by atoms with Crippen LogP contribution in [0.1, 0.15) is 24.2 Å². The van der Waals surface area contributed by atoms with Crippen molar-refractivity contribution in [1.29, 1.82) is 0 Å². The summed E-state index contributed by atoms with van der Waals surface area (Å²) in [7, 11) is 0. The molecule has 23 heavy (non-hydrogen) atoms. The molecule has 0 saturated heterocycles. The number of nitrogens with zero attached hydrogens (tertiary/aromatic N) is 2. The van der Waals surface area contributed by atoms with E-state index >= 15 is 0 Å². The summed E-state index contributed by atoms with van der Waals surface area (Å²) >= 11 is 5.93. The van der Waals surface area contributed by atoms with Gasteiger partial charge in [-0.1, -0.05) is 11.6 Å². The highest BCUT2D eigenvalue weighted by molar-refractivity contribution is 6.35. The second kappa shape index (κ2) is 5.65. The molecule has 5 nitrogen and oxygen atoms in total. The molecule has 2 aromatic heterocycles. The summed E-state index contributed by atoms with van der Waals surface area (Å²) in [6, 6.07) is 2.85. The maximum Gasteiger partial charge on any atom is 0.323 e. The lowest BCUT2D eigenvalue weighted by molar-refractivity contribution is 0.116. The molecule has 0 radical (unpaired) electrons. The van der Waals surface area contributed by atoms with Crippen molar-refractivity contribution in [1.82, 2.24) is 19.9 Å². The van der Waals surface area contributed by atoms with Crippen LogP contribution in [0.4, 0.5) is 17.6 Å². The molecular weight excluding hydrogens is 340 g/mol. The van der Waals surface area contributed by atoms with Crippen molar-refractivity contribution in [3.05, 3.63) is 45.2 Å². The Morgan fingerprint density at radius 2 is 1.65 bits per heavy atom. The number of halogens is 5. The summed E-state index contributed by atoms with van der Waals surface area (Å²) in [6.45, 7) is 0. The Bertz CT molecular complexity index is 937. The van der Waals surface area contributed by atoms with Gasteiger partial charge in [0.1, 0.15) is 11.4 Å². The van der Waals surface area contributed by atoms with E-state index in [1.165, 1.54) is 12.1 Å². The number of aromatic nitrogens is 4. The van der Waals surface area contributed by atoms with Crippen molar-refractivity contribution in [2.45, 2.75) is 12.9 Å². The molecule has 0 atom stereocenters. The second-order valence-corrected chi connectivity index (χ2v) is 4.96. The number of nitrogens with one attached hydrogen (secondary N) is 2. The van der Waals surface area contributed by atoms with Gasteiger partial charge in [0.25, 0.3) is 12.9 Å². The number of aromatic amines is 2. The first-order chi connectivity index (χ1) is 10.9. The SMILES string of the molecule is O=c1[nH]c2c(Cl)ccc(-c3cnc(C(F)F)c(C(F)F)n3)c2[nH]1. The Morgan fingerprint density at radius 3 is 2.30 bits per heavy atom. The lowest BCUT2D eigenvalue weighted by atomic mass is 10.1. The van der Waals surface area contributed by atoms with Gasteiger partial charge in [-0.3, -0.25) is 4.98 Å². The van der Waals surface area contributed by atoms with Gasteiger partial charge in [-0.05, 0) is 12.1 Å². The van der Waals surface area contributed by atoms with Gasteiger partial charge in [-0.25, -0.2) is 27.3 Å². The highest BCUT2D eigenvalue weighted by Crippen LogP contribution is 2.32. The molecule has 120 valence electrons. The first-order valence-electron chi connectivity index (χ1n) is 6.22. The van der Waals surface area contributed by atoms with Crippen molar-refractivity contribution in [2.75, 3.05) is 0 Å². The van der Waals surface area contributed by atoms with Crippen LogP contribution in [0, 0.1) is 0 Å². The average molecular weight is 347 g/mol. The fourth-order valence-electron chi connectivity index (χ4n) is 2.17. The number of hydrogen-bond acceptors (Lipinski definition) is 3. The van der Waals surface area contributed by atoms with Gasteiger partial charge in [-0.15, -0.1) is 0 Å². The number of benzene rings is 1. The van der Waals surface area contributed by atoms with Crippen molar-refractivity contribution >= 4 is 22.6 Å². The van der Waals surface area contributed by atoms with Crippen LogP contribution in [0.15, 0.2) is 23.1 Å². The number of H-pyrrole nitrogens is 2. The fraction of sp³-hybridized carbons (Fsp3) is 0.154. The predicted molar refractivity (Wildman–Crippen MR) is 74.9 cm³/mol. The quantitative estimate of drug-likeness (QED) is 0.707. The summed E-state index contributed by atoms with van der Waals surface area (Å²) in [6.07, 6.45) is -5.43. The van der Waals surface area contributed by atoms with E-state index in [9.17, 15) is 22.4 Å². The second-order valence-electron chi connectivity index (χ2n) is 4.55. The third-order valence-electron chi connectivity index (χ3n) is 3.15. The molecule has 3 rings (SSSR count). The molecule has 0 aliphatic heterocycles. The third kappa shape index (κ3) is 2.67. The highest BCUT2D eigenvalue weighted by Gasteiger charge is 2.24. The molecule has 0 unspecified atom stereocenters. The molecule has 0 spiro atoms. The summed E-state index contributed by atoms with van der Waals surface area (Å²) in [5.41, 5.74) is -2.09. The smallest absolute Gasteiger partial charge is 0.305 e.